The molecule has 1 aromatic rings. The first-order valence-electron chi connectivity index (χ1n) is 13.7. The second kappa shape index (κ2) is 10.6. The molecule has 1 aromatic carbocycles. The Morgan fingerprint density at radius 2 is 1.31 bits per heavy atom. The summed E-state index contributed by atoms with van der Waals surface area (Å²) >= 11 is -1.62. The average Bonchev–Trinajstić information content (AvgIpc) is 2.86. The summed E-state index contributed by atoms with van der Waals surface area (Å²) in [5, 5.41) is 3.29. The fraction of sp³-hybridized carbons (Fsp3) is 0.667. The molecule has 1 nitrogen and oxygen atoms in total. The maximum absolute atomic E-state index is 6.23. The molecule has 0 spiro atoms. The first kappa shape index (κ1) is 31.2. The number of ether oxygens (including phenoxy) is 1. The van der Waals surface area contributed by atoms with E-state index in [4.69, 9.17) is 4.74 Å². The second-order valence-corrected chi connectivity index (χ2v) is 37.7. The molecule has 0 radical (unpaired) electrons. The van der Waals surface area contributed by atoms with Gasteiger partial charge in [-0.3, -0.25) is 0 Å². The molecular weight excluding hydrogens is 506 g/mol. The summed E-state index contributed by atoms with van der Waals surface area (Å²) in [4.78, 5) is 0. The van der Waals surface area contributed by atoms with Crippen molar-refractivity contribution in [2.24, 2.45) is 5.92 Å². The third-order valence-corrected chi connectivity index (χ3v) is 34.3. The molecule has 0 bridgehead atoms. The van der Waals surface area contributed by atoms with E-state index in [1.165, 1.54) is 16.3 Å². The van der Waals surface area contributed by atoms with Crippen LogP contribution in [0.2, 0.25) is 60.0 Å². The van der Waals surface area contributed by atoms with Crippen LogP contribution in [0, 0.1) is 12.8 Å². The Morgan fingerprint density at radius 1 is 0.829 bits per heavy atom. The Hall–Kier alpha value is 0.0208. The molecule has 0 saturated heterocycles. The molecule has 35 heavy (non-hydrogen) atoms. The monoisotopic (exact) mass is 560 g/mol. The molecule has 0 saturated carbocycles. The van der Waals surface area contributed by atoms with Crippen LogP contribution in [0.3, 0.4) is 0 Å². The van der Waals surface area contributed by atoms with Gasteiger partial charge in [-0.25, -0.2) is 0 Å². The number of allylic oxidation sites excluding steroid dienone is 4. The molecule has 1 aliphatic carbocycles. The zero-order valence-electron chi connectivity index (χ0n) is 26.1. The zero-order chi connectivity index (χ0) is 27.3. The van der Waals surface area contributed by atoms with Crippen molar-refractivity contribution >= 4 is 29.4 Å². The fourth-order valence-electron chi connectivity index (χ4n) is 6.82. The van der Waals surface area contributed by atoms with Gasteiger partial charge in [0.15, 0.2) is 0 Å². The van der Waals surface area contributed by atoms with Crippen molar-refractivity contribution < 1.29 is 26.2 Å². The van der Waals surface area contributed by atoms with Crippen LogP contribution < -0.4 is 9.92 Å². The van der Waals surface area contributed by atoms with Crippen molar-refractivity contribution in [3.63, 3.8) is 0 Å². The SMILES string of the molecule is COc1c(C(C)(C)C)cc(C)cc1[Si](C)(C)C1=C(C)C(C)=[C]([Sc]([CH2][Si](C)(C)C)[CH2][Si](C)(C)C)C1C. The summed E-state index contributed by atoms with van der Waals surface area (Å²) in [6, 6.07) is 4.82. The summed E-state index contributed by atoms with van der Waals surface area (Å²) < 4.78 is 11.4. The molecule has 0 aromatic heterocycles. The van der Waals surface area contributed by atoms with Crippen LogP contribution in [-0.4, -0.2) is 31.3 Å². The molecule has 1 atom stereocenters. The van der Waals surface area contributed by atoms with Crippen LogP contribution in [0.4, 0.5) is 0 Å². The van der Waals surface area contributed by atoms with Gasteiger partial charge in [0.2, 0.25) is 0 Å². The van der Waals surface area contributed by atoms with Crippen molar-refractivity contribution in [1.29, 1.82) is 0 Å². The third-order valence-electron chi connectivity index (χ3n) is 8.05. The zero-order valence-corrected chi connectivity index (χ0v) is 30.9. The van der Waals surface area contributed by atoms with Crippen LogP contribution in [0.5, 0.6) is 5.75 Å². The van der Waals surface area contributed by atoms with Gasteiger partial charge in [-0.2, -0.15) is 0 Å². The normalized spacial score (nSPS) is 18.0. The van der Waals surface area contributed by atoms with E-state index in [0.717, 1.165) is 5.75 Å². The van der Waals surface area contributed by atoms with E-state index >= 15 is 0 Å². The van der Waals surface area contributed by atoms with E-state index < -0.39 is 45.7 Å². The van der Waals surface area contributed by atoms with Gasteiger partial charge < -0.3 is 0 Å². The predicted molar refractivity (Wildman–Crippen MR) is 164 cm³/mol. The molecule has 0 fully saturated rings. The van der Waals surface area contributed by atoms with Crippen molar-refractivity contribution in [1.82, 2.24) is 0 Å². The predicted octanol–water partition coefficient (Wildman–Crippen LogP) is 9.21. The Balaban J connectivity index is 2.68. The third kappa shape index (κ3) is 7.11. The minimum atomic E-state index is -1.96. The number of rotatable bonds is 8. The van der Waals surface area contributed by atoms with Gasteiger partial charge in [-0.1, -0.05) is 0 Å². The molecule has 0 heterocycles. The summed E-state index contributed by atoms with van der Waals surface area (Å²) in [7, 11) is -2.29. The standard InChI is InChI=1S/C22H33OSi.2C4H11Si.Sc/c1-14-11-18(22(5,6)7)20(23-8)19(12-14)24(9,10)21-16(3)13-15(2)17(21)4;2*1-5(2,3)4;/h11-12,16H,1-10H3;2*1H2,2-4H3;. The van der Waals surface area contributed by atoms with Crippen LogP contribution >= 0.6 is 0 Å². The van der Waals surface area contributed by atoms with Gasteiger partial charge >= 0.3 is 231 Å². The van der Waals surface area contributed by atoms with E-state index in [2.05, 4.69) is 113 Å². The molecule has 1 unspecified atom stereocenters. The van der Waals surface area contributed by atoms with Crippen molar-refractivity contribution in [3.8, 4) is 5.75 Å². The molecule has 0 aliphatic heterocycles. The number of hydrogen-bond donors (Lipinski definition) is 0. The quantitative estimate of drug-likeness (QED) is 0.288. The number of methoxy groups -OCH3 is 1. The Kier molecular flexibility index (Phi) is 9.50. The maximum atomic E-state index is 6.23. The van der Waals surface area contributed by atoms with Gasteiger partial charge in [-0.15, -0.1) is 0 Å². The van der Waals surface area contributed by atoms with E-state index in [0.29, 0.717) is 5.92 Å². The number of benzene rings is 1. The van der Waals surface area contributed by atoms with Gasteiger partial charge in [0.05, 0.1) is 0 Å². The molecule has 0 amide bonds. The Bertz CT molecular complexity index is 998. The van der Waals surface area contributed by atoms with E-state index in [1.807, 2.05) is 10.4 Å². The Labute approximate surface area is 229 Å². The van der Waals surface area contributed by atoms with E-state index in [9.17, 15) is 0 Å². The van der Waals surface area contributed by atoms with Gasteiger partial charge in [-0.05, 0) is 0 Å². The fourth-order valence-corrected chi connectivity index (χ4v) is 35.7. The molecular formula is C30H55OScSi3. The number of aryl methyl sites for hydroxylation is 1. The minimum absolute atomic E-state index is 0.0652. The Morgan fingerprint density at radius 3 is 1.71 bits per heavy atom. The van der Waals surface area contributed by atoms with Gasteiger partial charge in [0.1, 0.15) is 0 Å². The first-order chi connectivity index (χ1) is 15.6. The van der Waals surface area contributed by atoms with Crippen LogP contribution in [0.1, 0.15) is 52.7 Å². The van der Waals surface area contributed by atoms with E-state index in [1.54, 1.807) is 23.9 Å². The topological polar surface area (TPSA) is 9.23 Å². The molecule has 196 valence electrons. The summed E-state index contributed by atoms with van der Waals surface area (Å²) in [5.41, 5.74) is 6.12. The van der Waals surface area contributed by atoms with E-state index in [-0.39, 0.29) is 5.41 Å². The molecule has 0 N–H and O–H groups in total. The van der Waals surface area contributed by atoms with Crippen molar-refractivity contribution in [2.45, 2.75) is 114 Å². The summed E-state index contributed by atoms with van der Waals surface area (Å²) in [6.07, 6.45) is 0. The van der Waals surface area contributed by atoms with Crippen molar-refractivity contribution in [2.75, 3.05) is 7.11 Å². The molecule has 2 rings (SSSR count). The first-order valence-corrected chi connectivity index (χ1v) is 27.6. The van der Waals surface area contributed by atoms with Gasteiger partial charge in [0, 0.05) is 0 Å². The second-order valence-electron chi connectivity index (χ2n) is 15.3. The summed E-state index contributed by atoms with van der Waals surface area (Å²) in [6.45, 7) is 37.6. The molecule has 1 aliphatic rings. The average molecular weight is 561 g/mol. The van der Waals surface area contributed by atoms with Crippen LogP contribution in [0.15, 0.2) is 31.8 Å². The number of hydrogen-bond acceptors (Lipinski definition) is 1. The summed E-state index contributed by atoms with van der Waals surface area (Å²) in [5.74, 6) is 1.78. The van der Waals surface area contributed by atoms with Crippen LogP contribution in [-0.2, 0) is 26.9 Å². The molecule has 5 heteroatoms. The van der Waals surface area contributed by atoms with Gasteiger partial charge in [0.25, 0.3) is 0 Å². The van der Waals surface area contributed by atoms with Crippen molar-refractivity contribution in [3.05, 3.63) is 42.9 Å². The van der Waals surface area contributed by atoms with Crippen LogP contribution in [0.25, 0.3) is 0 Å².